The SMILES string of the molecule is CNC(=S)N1CCN(c2ccc(N3CC(CNC(C)=O)OC3=O)cc2F)C=N1. The number of carbonyl (C=O) groups excluding carboxylic acids is 2. The van der Waals surface area contributed by atoms with Crippen LogP contribution in [0.2, 0.25) is 0 Å². The normalized spacial score (nSPS) is 18.9. The topological polar surface area (TPSA) is 89.5 Å². The van der Waals surface area contributed by atoms with E-state index in [0.29, 0.717) is 29.6 Å². The third kappa shape index (κ3) is 4.30. The minimum Gasteiger partial charge on any atom is -0.442 e. The van der Waals surface area contributed by atoms with E-state index in [0.717, 1.165) is 0 Å². The molecule has 1 unspecified atom stereocenters. The summed E-state index contributed by atoms with van der Waals surface area (Å²) in [4.78, 5) is 26.1. The van der Waals surface area contributed by atoms with Crippen LogP contribution in [-0.2, 0) is 9.53 Å². The molecule has 0 aliphatic carbocycles. The average Bonchev–Trinajstić information content (AvgIpc) is 3.06. The molecule has 0 saturated carbocycles. The fourth-order valence-corrected chi connectivity index (χ4v) is 3.04. The molecule has 1 aromatic carbocycles. The summed E-state index contributed by atoms with van der Waals surface area (Å²) in [6.45, 7) is 2.86. The van der Waals surface area contributed by atoms with Crippen LogP contribution in [-0.4, -0.2) is 67.8 Å². The summed E-state index contributed by atoms with van der Waals surface area (Å²) in [7, 11) is 1.71. The Balaban J connectivity index is 1.69. The largest absolute Gasteiger partial charge is 0.442 e. The number of cyclic esters (lactones) is 1. The van der Waals surface area contributed by atoms with Gasteiger partial charge in [-0.1, -0.05) is 0 Å². The van der Waals surface area contributed by atoms with E-state index in [2.05, 4.69) is 15.7 Å². The molecule has 3 rings (SSSR count). The first-order chi connectivity index (χ1) is 13.4. The van der Waals surface area contributed by atoms with Crippen LogP contribution in [0.3, 0.4) is 0 Å². The number of anilines is 2. The van der Waals surface area contributed by atoms with Gasteiger partial charge in [-0.25, -0.2) is 14.2 Å². The number of amides is 2. The maximum Gasteiger partial charge on any atom is 0.414 e. The molecule has 1 fully saturated rings. The van der Waals surface area contributed by atoms with Gasteiger partial charge in [-0.3, -0.25) is 9.69 Å². The number of hydrogen-bond donors (Lipinski definition) is 2. The van der Waals surface area contributed by atoms with Gasteiger partial charge in [0.05, 0.1) is 31.0 Å². The monoisotopic (exact) mass is 408 g/mol. The van der Waals surface area contributed by atoms with Crippen LogP contribution in [0.4, 0.5) is 20.6 Å². The molecule has 0 radical (unpaired) electrons. The Morgan fingerprint density at radius 3 is 2.82 bits per heavy atom. The van der Waals surface area contributed by atoms with Gasteiger partial charge >= 0.3 is 6.09 Å². The van der Waals surface area contributed by atoms with Gasteiger partial charge in [0.2, 0.25) is 5.91 Å². The first kappa shape index (κ1) is 19.8. The molecule has 0 spiro atoms. The summed E-state index contributed by atoms with van der Waals surface area (Å²) in [5.74, 6) is -0.686. The van der Waals surface area contributed by atoms with Crippen molar-refractivity contribution in [3.05, 3.63) is 24.0 Å². The molecule has 2 aliphatic heterocycles. The summed E-state index contributed by atoms with van der Waals surface area (Å²) >= 11 is 5.12. The number of hydrogen-bond acceptors (Lipinski definition) is 6. The summed E-state index contributed by atoms with van der Waals surface area (Å²) in [5, 5.41) is 11.8. The second kappa shape index (κ2) is 8.38. The summed E-state index contributed by atoms with van der Waals surface area (Å²) in [5.41, 5.74) is 0.744. The number of nitrogens with zero attached hydrogens (tertiary/aromatic N) is 4. The minimum absolute atomic E-state index is 0.206. The van der Waals surface area contributed by atoms with Crippen LogP contribution in [0, 0.1) is 5.82 Å². The van der Waals surface area contributed by atoms with Crippen LogP contribution in [0.15, 0.2) is 23.3 Å². The minimum atomic E-state index is -0.571. The van der Waals surface area contributed by atoms with Gasteiger partial charge in [0, 0.05) is 20.5 Å². The number of carbonyl (C=O) groups is 2. The second-order valence-corrected chi connectivity index (χ2v) is 6.68. The molecule has 2 amide bonds. The van der Waals surface area contributed by atoms with Gasteiger partial charge < -0.3 is 20.3 Å². The van der Waals surface area contributed by atoms with E-state index in [-0.39, 0.29) is 19.0 Å². The Hall–Kier alpha value is -2.95. The highest BCUT2D eigenvalue weighted by Crippen LogP contribution is 2.28. The Morgan fingerprint density at radius 2 is 2.21 bits per heavy atom. The van der Waals surface area contributed by atoms with Gasteiger partial charge in [-0.05, 0) is 30.4 Å². The lowest BCUT2D eigenvalue weighted by atomic mass is 10.2. The van der Waals surface area contributed by atoms with Crippen LogP contribution < -0.4 is 20.4 Å². The molecule has 2 N–H and O–H groups in total. The van der Waals surface area contributed by atoms with E-state index >= 15 is 0 Å². The number of nitrogens with one attached hydrogen (secondary N) is 2. The zero-order valence-corrected chi connectivity index (χ0v) is 16.3. The molecule has 11 heteroatoms. The van der Waals surface area contributed by atoms with Gasteiger partial charge in [0.1, 0.15) is 18.3 Å². The van der Waals surface area contributed by atoms with Crippen LogP contribution in [0.5, 0.6) is 0 Å². The summed E-state index contributed by atoms with van der Waals surface area (Å²) < 4.78 is 19.9. The number of halogens is 1. The van der Waals surface area contributed by atoms with Gasteiger partial charge in [0.15, 0.2) is 5.11 Å². The zero-order valence-electron chi connectivity index (χ0n) is 15.5. The van der Waals surface area contributed by atoms with Crippen molar-refractivity contribution in [2.45, 2.75) is 13.0 Å². The van der Waals surface area contributed by atoms with E-state index in [1.165, 1.54) is 24.2 Å². The van der Waals surface area contributed by atoms with Crippen molar-refractivity contribution in [1.82, 2.24) is 15.6 Å². The predicted octanol–water partition coefficient (Wildman–Crippen LogP) is 0.857. The average molecular weight is 408 g/mol. The lowest BCUT2D eigenvalue weighted by Crippen LogP contribution is -2.44. The van der Waals surface area contributed by atoms with E-state index < -0.39 is 18.0 Å². The predicted molar refractivity (Wildman–Crippen MR) is 107 cm³/mol. The van der Waals surface area contributed by atoms with Gasteiger partial charge in [0.25, 0.3) is 0 Å². The van der Waals surface area contributed by atoms with Crippen LogP contribution in [0.25, 0.3) is 0 Å². The molecule has 28 heavy (non-hydrogen) atoms. The fraction of sp³-hybridized carbons (Fsp3) is 0.412. The van der Waals surface area contributed by atoms with Crippen LogP contribution in [0.1, 0.15) is 6.92 Å². The molecule has 1 atom stereocenters. The first-order valence-corrected chi connectivity index (χ1v) is 9.12. The number of thiocarbonyl (C=S) groups is 1. The number of rotatable bonds is 4. The molecule has 0 bridgehead atoms. The molecule has 2 heterocycles. The van der Waals surface area contributed by atoms with Crippen molar-refractivity contribution in [3.8, 4) is 0 Å². The van der Waals surface area contributed by atoms with Gasteiger partial charge in [-0.2, -0.15) is 5.10 Å². The summed E-state index contributed by atoms with van der Waals surface area (Å²) in [6.07, 6.45) is 0.465. The lowest BCUT2D eigenvalue weighted by molar-refractivity contribution is -0.119. The van der Waals surface area contributed by atoms with E-state index in [4.69, 9.17) is 17.0 Å². The van der Waals surface area contributed by atoms with Gasteiger partial charge in [-0.15, -0.1) is 0 Å². The van der Waals surface area contributed by atoms with E-state index in [1.807, 2.05) is 0 Å². The quantitative estimate of drug-likeness (QED) is 0.714. The maximum absolute atomic E-state index is 14.7. The number of hydrazone groups is 1. The molecule has 1 aromatic rings. The van der Waals surface area contributed by atoms with E-state index in [9.17, 15) is 14.0 Å². The number of ether oxygens (including phenoxy) is 1. The molecule has 150 valence electrons. The Labute approximate surface area is 167 Å². The lowest BCUT2D eigenvalue weighted by Gasteiger charge is -2.30. The molecule has 2 aliphatic rings. The third-order valence-corrected chi connectivity index (χ3v) is 4.75. The number of benzene rings is 1. The Bertz CT molecular complexity index is 820. The summed E-state index contributed by atoms with van der Waals surface area (Å²) in [6, 6.07) is 4.53. The van der Waals surface area contributed by atoms with Crippen molar-refractivity contribution in [1.29, 1.82) is 0 Å². The Kier molecular flexibility index (Phi) is 5.93. The van der Waals surface area contributed by atoms with Crippen molar-refractivity contribution in [2.75, 3.05) is 43.0 Å². The molecular weight excluding hydrogens is 387 g/mol. The fourth-order valence-electron chi connectivity index (χ4n) is 2.90. The first-order valence-electron chi connectivity index (χ1n) is 8.71. The highest BCUT2D eigenvalue weighted by molar-refractivity contribution is 7.80. The van der Waals surface area contributed by atoms with Crippen molar-refractivity contribution < 1.29 is 18.7 Å². The highest BCUT2D eigenvalue weighted by Gasteiger charge is 2.33. The van der Waals surface area contributed by atoms with Crippen molar-refractivity contribution in [3.63, 3.8) is 0 Å². The van der Waals surface area contributed by atoms with Crippen LogP contribution >= 0.6 is 12.2 Å². The smallest absolute Gasteiger partial charge is 0.414 e. The third-order valence-electron chi connectivity index (χ3n) is 4.34. The highest BCUT2D eigenvalue weighted by atomic mass is 32.1. The molecule has 9 nitrogen and oxygen atoms in total. The van der Waals surface area contributed by atoms with E-state index in [1.54, 1.807) is 29.1 Å². The molecular formula is C17H21FN6O3S. The maximum atomic E-state index is 14.7. The zero-order chi connectivity index (χ0) is 20.3. The van der Waals surface area contributed by atoms with Crippen molar-refractivity contribution >= 4 is 47.0 Å². The molecule has 1 saturated heterocycles. The standard InChI is InChI=1S/C17H21FN6O3S/c1-11(25)20-8-13-9-23(17(26)27-13)12-3-4-15(14(18)7-12)22-5-6-24(21-10-22)16(28)19-2/h3-4,7,10,13H,5-6,8-9H2,1-2H3,(H,19,28)(H,20,25). The van der Waals surface area contributed by atoms with Crippen molar-refractivity contribution in [2.24, 2.45) is 5.10 Å². The Morgan fingerprint density at radius 1 is 1.43 bits per heavy atom. The second-order valence-electron chi connectivity index (χ2n) is 6.29. The molecule has 0 aromatic heterocycles.